The fraction of sp³-hybridized carbons (Fsp3) is 0.278. The molecule has 0 atom stereocenters. The molecule has 0 radical (unpaired) electrons. The Morgan fingerprint density at radius 2 is 1.76 bits per heavy atom. The molecule has 0 unspecified atom stereocenters. The van der Waals surface area contributed by atoms with E-state index in [0.717, 1.165) is 24.0 Å². The molecular weight excluding hydrogens is 264 g/mol. The Hall–Kier alpha value is -2.29. The maximum absolute atomic E-state index is 11.5. The lowest BCUT2D eigenvalue weighted by Gasteiger charge is -2.12. The maximum atomic E-state index is 11.5. The van der Waals surface area contributed by atoms with E-state index >= 15 is 0 Å². The van der Waals surface area contributed by atoms with Crippen LogP contribution in [0, 0.1) is 0 Å². The van der Waals surface area contributed by atoms with E-state index in [1.54, 1.807) is 12.1 Å². The van der Waals surface area contributed by atoms with Gasteiger partial charge < -0.3 is 9.84 Å². The molecule has 2 rings (SSSR count). The van der Waals surface area contributed by atoms with Gasteiger partial charge in [-0.15, -0.1) is 0 Å². The van der Waals surface area contributed by atoms with Crippen molar-refractivity contribution in [3.05, 3.63) is 53.1 Å². The van der Waals surface area contributed by atoms with Crippen LogP contribution in [-0.4, -0.2) is 18.2 Å². The Kier molecular flexibility index (Phi) is 4.63. The summed E-state index contributed by atoms with van der Waals surface area (Å²) in [5.41, 5.74) is 4.50. The first-order chi connectivity index (χ1) is 10.1. The smallest absolute Gasteiger partial charge is 0.336 e. The second-order valence-corrected chi connectivity index (χ2v) is 4.91. The molecule has 0 aliphatic rings. The molecule has 0 amide bonds. The van der Waals surface area contributed by atoms with E-state index in [-0.39, 0.29) is 5.56 Å². The SMILES string of the molecule is CCc1ccc(-c2ccc(OC)cc2C(=O)O)cc1CC. The minimum absolute atomic E-state index is 0.264. The van der Waals surface area contributed by atoms with Gasteiger partial charge in [-0.05, 0) is 53.3 Å². The minimum atomic E-state index is -0.943. The summed E-state index contributed by atoms with van der Waals surface area (Å²) in [6, 6.07) is 11.3. The van der Waals surface area contributed by atoms with Crippen LogP contribution in [0.3, 0.4) is 0 Å². The number of hydrogen-bond donors (Lipinski definition) is 1. The lowest BCUT2D eigenvalue weighted by Crippen LogP contribution is -2.01. The van der Waals surface area contributed by atoms with Crippen molar-refractivity contribution in [2.45, 2.75) is 26.7 Å². The van der Waals surface area contributed by atoms with Crippen molar-refractivity contribution in [1.29, 1.82) is 0 Å². The van der Waals surface area contributed by atoms with Gasteiger partial charge in [-0.1, -0.05) is 32.0 Å². The van der Waals surface area contributed by atoms with Crippen molar-refractivity contribution < 1.29 is 14.6 Å². The molecule has 3 nitrogen and oxygen atoms in total. The summed E-state index contributed by atoms with van der Waals surface area (Å²) in [7, 11) is 1.53. The lowest BCUT2D eigenvalue weighted by molar-refractivity contribution is 0.0697. The molecule has 3 heteroatoms. The number of ether oxygens (including phenoxy) is 1. The van der Waals surface area contributed by atoms with Gasteiger partial charge >= 0.3 is 5.97 Å². The van der Waals surface area contributed by atoms with E-state index in [4.69, 9.17) is 4.74 Å². The van der Waals surface area contributed by atoms with E-state index in [1.807, 2.05) is 12.1 Å². The Morgan fingerprint density at radius 1 is 1.05 bits per heavy atom. The van der Waals surface area contributed by atoms with Crippen LogP contribution in [0.2, 0.25) is 0 Å². The number of methoxy groups -OCH3 is 1. The third-order valence-corrected chi connectivity index (χ3v) is 3.74. The summed E-state index contributed by atoms with van der Waals surface area (Å²) in [4.78, 5) is 11.5. The van der Waals surface area contributed by atoms with Gasteiger partial charge in [-0.2, -0.15) is 0 Å². The topological polar surface area (TPSA) is 46.5 Å². The standard InChI is InChI=1S/C18H20O3/c1-4-12-6-7-14(10-13(12)5-2)16-9-8-15(21-3)11-17(16)18(19)20/h6-11H,4-5H2,1-3H3,(H,19,20). The Bertz CT molecular complexity index is 660. The van der Waals surface area contributed by atoms with E-state index in [0.29, 0.717) is 5.75 Å². The van der Waals surface area contributed by atoms with Gasteiger partial charge in [0.05, 0.1) is 12.7 Å². The van der Waals surface area contributed by atoms with Crippen LogP contribution in [-0.2, 0) is 12.8 Å². The van der Waals surface area contributed by atoms with E-state index in [1.165, 1.54) is 18.2 Å². The number of carboxylic acids is 1. The fourth-order valence-corrected chi connectivity index (χ4v) is 2.55. The van der Waals surface area contributed by atoms with Gasteiger partial charge in [0.1, 0.15) is 5.75 Å². The summed E-state index contributed by atoms with van der Waals surface area (Å²) in [6.45, 7) is 4.24. The van der Waals surface area contributed by atoms with E-state index < -0.39 is 5.97 Å². The third kappa shape index (κ3) is 3.07. The number of aryl methyl sites for hydroxylation is 2. The minimum Gasteiger partial charge on any atom is -0.497 e. The molecule has 110 valence electrons. The lowest BCUT2D eigenvalue weighted by atomic mass is 9.94. The largest absolute Gasteiger partial charge is 0.497 e. The zero-order chi connectivity index (χ0) is 15.4. The third-order valence-electron chi connectivity index (χ3n) is 3.74. The number of aromatic carboxylic acids is 1. The summed E-state index contributed by atoms with van der Waals surface area (Å²) in [6.07, 6.45) is 1.92. The number of carbonyl (C=O) groups is 1. The van der Waals surface area contributed by atoms with E-state index in [9.17, 15) is 9.90 Å². The molecule has 0 spiro atoms. The van der Waals surface area contributed by atoms with Crippen LogP contribution in [0.1, 0.15) is 35.3 Å². The highest BCUT2D eigenvalue weighted by Gasteiger charge is 2.14. The van der Waals surface area contributed by atoms with Gasteiger partial charge in [-0.3, -0.25) is 0 Å². The van der Waals surface area contributed by atoms with Crippen LogP contribution in [0.25, 0.3) is 11.1 Å². The van der Waals surface area contributed by atoms with Gasteiger partial charge in [0.25, 0.3) is 0 Å². The zero-order valence-corrected chi connectivity index (χ0v) is 12.6. The highest BCUT2D eigenvalue weighted by Crippen LogP contribution is 2.29. The summed E-state index contributed by atoms with van der Waals surface area (Å²) < 4.78 is 5.11. The van der Waals surface area contributed by atoms with Crippen molar-refractivity contribution >= 4 is 5.97 Å². The number of hydrogen-bond acceptors (Lipinski definition) is 2. The molecule has 0 aliphatic carbocycles. The molecule has 0 aliphatic heterocycles. The number of rotatable bonds is 5. The predicted octanol–water partition coefficient (Wildman–Crippen LogP) is 4.19. The van der Waals surface area contributed by atoms with Gasteiger partial charge in [-0.25, -0.2) is 4.79 Å². The maximum Gasteiger partial charge on any atom is 0.336 e. The van der Waals surface area contributed by atoms with Crippen molar-refractivity contribution in [3.8, 4) is 16.9 Å². The highest BCUT2D eigenvalue weighted by molar-refractivity contribution is 5.96. The van der Waals surface area contributed by atoms with Gasteiger partial charge in [0.2, 0.25) is 0 Å². The summed E-state index contributed by atoms with van der Waals surface area (Å²) >= 11 is 0. The highest BCUT2D eigenvalue weighted by atomic mass is 16.5. The van der Waals surface area contributed by atoms with Crippen LogP contribution < -0.4 is 4.74 Å². The first kappa shape index (κ1) is 15.1. The van der Waals surface area contributed by atoms with Crippen molar-refractivity contribution in [1.82, 2.24) is 0 Å². The van der Waals surface area contributed by atoms with Gasteiger partial charge in [0, 0.05) is 0 Å². The molecule has 2 aromatic rings. The molecule has 0 aromatic heterocycles. The van der Waals surface area contributed by atoms with Crippen LogP contribution in [0.4, 0.5) is 0 Å². The monoisotopic (exact) mass is 284 g/mol. The quantitative estimate of drug-likeness (QED) is 0.895. The Labute approximate surface area is 125 Å². The summed E-state index contributed by atoms with van der Waals surface area (Å²) in [5, 5.41) is 9.42. The zero-order valence-electron chi connectivity index (χ0n) is 12.6. The van der Waals surface area contributed by atoms with E-state index in [2.05, 4.69) is 26.0 Å². The van der Waals surface area contributed by atoms with Gasteiger partial charge in [0.15, 0.2) is 0 Å². The molecular formula is C18H20O3. The molecule has 1 N–H and O–H groups in total. The molecule has 0 fully saturated rings. The number of carboxylic acid groups (broad SMARTS) is 1. The normalized spacial score (nSPS) is 10.4. The van der Waals surface area contributed by atoms with Crippen LogP contribution in [0.15, 0.2) is 36.4 Å². The van der Waals surface area contributed by atoms with Crippen molar-refractivity contribution in [2.24, 2.45) is 0 Å². The first-order valence-electron chi connectivity index (χ1n) is 7.14. The second kappa shape index (κ2) is 6.44. The van der Waals surface area contributed by atoms with Crippen LogP contribution in [0.5, 0.6) is 5.75 Å². The summed E-state index contributed by atoms with van der Waals surface area (Å²) in [5.74, 6) is -0.390. The molecule has 0 saturated heterocycles. The Morgan fingerprint density at radius 3 is 2.33 bits per heavy atom. The Balaban J connectivity index is 2.58. The van der Waals surface area contributed by atoms with Crippen LogP contribution >= 0.6 is 0 Å². The second-order valence-electron chi connectivity index (χ2n) is 4.91. The molecule has 0 bridgehead atoms. The van der Waals surface area contributed by atoms with Crippen molar-refractivity contribution in [3.63, 3.8) is 0 Å². The molecule has 2 aromatic carbocycles. The fourth-order valence-electron chi connectivity index (χ4n) is 2.55. The van der Waals surface area contributed by atoms with Crippen molar-refractivity contribution in [2.75, 3.05) is 7.11 Å². The molecule has 0 saturated carbocycles. The molecule has 21 heavy (non-hydrogen) atoms. The average Bonchev–Trinajstić information content (AvgIpc) is 2.53. The predicted molar refractivity (Wildman–Crippen MR) is 84.1 cm³/mol. The number of benzene rings is 2. The molecule has 0 heterocycles. The average molecular weight is 284 g/mol. The first-order valence-corrected chi connectivity index (χ1v) is 7.14.